The number of nitrogens with one attached hydrogen (secondary N) is 2. The normalized spacial score (nSPS) is 25.0. The quantitative estimate of drug-likeness (QED) is 0.431. The highest BCUT2D eigenvalue weighted by Gasteiger charge is 2.29. The van der Waals surface area contributed by atoms with Gasteiger partial charge in [-0.25, -0.2) is 0 Å². The van der Waals surface area contributed by atoms with Gasteiger partial charge in [-0.15, -0.1) is 24.0 Å². The minimum atomic E-state index is 0. The van der Waals surface area contributed by atoms with E-state index in [4.69, 9.17) is 0 Å². The molecule has 3 rings (SSSR count). The molecule has 2 unspecified atom stereocenters. The summed E-state index contributed by atoms with van der Waals surface area (Å²) < 4.78 is 0. The van der Waals surface area contributed by atoms with Crippen LogP contribution >= 0.6 is 24.0 Å². The Morgan fingerprint density at radius 1 is 1.26 bits per heavy atom. The third-order valence-electron chi connectivity index (χ3n) is 4.75. The summed E-state index contributed by atoms with van der Waals surface area (Å²) in [6, 6.07) is 11.8. The molecule has 5 heteroatoms. The fraction of sp³-hybridized carbons (Fsp3) is 0.611. The Labute approximate surface area is 157 Å². The molecule has 4 nitrogen and oxygen atoms in total. The van der Waals surface area contributed by atoms with Crippen LogP contribution in [0.2, 0.25) is 0 Å². The monoisotopic (exact) mass is 428 g/mol. The Bertz CT molecular complexity index is 501. The Morgan fingerprint density at radius 3 is 2.65 bits per heavy atom. The number of halogens is 1. The lowest BCUT2D eigenvalue weighted by Crippen LogP contribution is -2.45. The van der Waals surface area contributed by atoms with E-state index in [1.165, 1.54) is 24.8 Å². The minimum Gasteiger partial charge on any atom is -0.356 e. The maximum absolute atomic E-state index is 4.36. The Morgan fingerprint density at radius 2 is 2.00 bits per heavy atom. The summed E-state index contributed by atoms with van der Waals surface area (Å²) >= 11 is 0. The largest absolute Gasteiger partial charge is 0.356 e. The first-order chi connectivity index (χ1) is 10.7. The van der Waals surface area contributed by atoms with Gasteiger partial charge >= 0.3 is 0 Å². The summed E-state index contributed by atoms with van der Waals surface area (Å²) in [5, 5.41) is 7.05. The van der Waals surface area contributed by atoms with Crippen molar-refractivity contribution in [1.29, 1.82) is 0 Å². The third-order valence-corrected chi connectivity index (χ3v) is 4.75. The van der Waals surface area contributed by atoms with E-state index < -0.39 is 0 Å². The number of nitrogens with zero attached hydrogens (tertiary/aromatic N) is 2. The highest BCUT2D eigenvalue weighted by Crippen LogP contribution is 2.27. The molecule has 2 aliphatic rings. The summed E-state index contributed by atoms with van der Waals surface area (Å²) in [5.74, 6) is 1.83. The van der Waals surface area contributed by atoms with Gasteiger partial charge in [-0.05, 0) is 37.7 Å². The highest BCUT2D eigenvalue weighted by atomic mass is 127. The molecule has 2 N–H and O–H groups in total. The molecule has 128 valence electrons. The fourth-order valence-corrected chi connectivity index (χ4v) is 3.19. The van der Waals surface area contributed by atoms with E-state index in [0.717, 1.165) is 31.5 Å². The average molecular weight is 428 g/mol. The van der Waals surface area contributed by atoms with Crippen molar-refractivity contribution in [3.05, 3.63) is 35.9 Å². The van der Waals surface area contributed by atoms with E-state index in [2.05, 4.69) is 57.8 Å². The van der Waals surface area contributed by atoms with Crippen molar-refractivity contribution < 1.29 is 0 Å². The van der Waals surface area contributed by atoms with Gasteiger partial charge in [0.25, 0.3) is 0 Å². The Kier molecular flexibility index (Phi) is 7.14. The lowest BCUT2D eigenvalue weighted by molar-refractivity contribution is 0.258. The van der Waals surface area contributed by atoms with Crippen LogP contribution < -0.4 is 10.6 Å². The van der Waals surface area contributed by atoms with Gasteiger partial charge in [0, 0.05) is 38.8 Å². The van der Waals surface area contributed by atoms with Crippen molar-refractivity contribution in [2.45, 2.75) is 44.8 Å². The molecule has 1 aliphatic carbocycles. The van der Waals surface area contributed by atoms with Gasteiger partial charge in [0.15, 0.2) is 5.96 Å². The van der Waals surface area contributed by atoms with E-state index in [1.807, 2.05) is 7.05 Å². The first-order valence-electron chi connectivity index (χ1n) is 8.49. The molecule has 1 aromatic carbocycles. The Hall–Kier alpha value is -0.820. The molecule has 0 aromatic heterocycles. The van der Waals surface area contributed by atoms with Gasteiger partial charge in [-0.1, -0.05) is 30.3 Å². The lowest BCUT2D eigenvalue weighted by Gasteiger charge is -2.21. The smallest absolute Gasteiger partial charge is 0.191 e. The average Bonchev–Trinajstić information content (AvgIpc) is 3.30. The highest BCUT2D eigenvalue weighted by molar-refractivity contribution is 14.0. The maximum atomic E-state index is 4.36. The fourth-order valence-electron chi connectivity index (χ4n) is 3.19. The number of likely N-dealkylation sites (tertiary alicyclic amines) is 1. The number of hydrogen-bond acceptors (Lipinski definition) is 2. The summed E-state index contributed by atoms with van der Waals surface area (Å²) in [5.41, 5.74) is 1.39. The van der Waals surface area contributed by atoms with Crippen molar-refractivity contribution in [3.8, 4) is 0 Å². The number of rotatable bonds is 5. The molecule has 2 atom stereocenters. The van der Waals surface area contributed by atoms with Gasteiger partial charge in [-0.2, -0.15) is 0 Å². The van der Waals surface area contributed by atoms with Crippen LogP contribution in [0.1, 0.15) is 31.7 Å². The molecule has 1 aliphatic heterocycles. The maximum Gasteiger partial charge on any atom is 0.191 e. The molecule has 0 radical (unpaired) electrons. The van der Waals surface area contributed by atoms with Crippen molar-refractivity contribution >= 4 is 29.9 Å². The standard InChI is InChI=1S/C18H28N4.HI/c1-14-10-17(21-18(19-2)20-11-15-8-9-15)13-22(14)12-16-6-4-3-5-7-16;/h3-7,14-15,17H,8-13H2,1-2H3,(H2,19,20,21);1H. The predicted octanol–water partition coefficient (Wildman–Crippen LogP) is 2.84. The van der Waals surface area contributed by atoms with E-state index >= 15 is 0 Å². The van der Waals surface area contributed by atoms with Gasteiger partial charge in [0.05, 0.1) is 0 Å². The molecule has 1 saturated carbocycles. The topological polar surface area (TPSA) is 39.7 Å². The zero-order valence-electron chi connectivity index (χ0n) is 14.2. The van der Waals surface area contributed by atoms with Crippen LogP contribution in [-0.4, -0.2) is 43.1 Å². The zero-order chi connectivity index (χ0) is 15.4. The zero-order valence-corrected chi connectivity index (χ0v) is 16.5. The van der Waals surface area contributed by atoms with Crippen molar-refractivity contribution in [2.75, 3.05) is 20.1 Å². The molecule has 1 aromatic rings. The van der Waals surface area contributed by atoms with Crippen molar-refractivity contribution in [1.82, 2.24) is 15.5 Å². The summed E-state index contributed by atoms with van der Waals surface area (Å²) in [6.45, 7) is 5.51. The lowest BCUT2D eigenvalue weighted by atomic mass is 10.2. The van der Waals surface area contributed by atoms with Crippen LogP contribution in [0.15, 0.2) is 35.3 Å². The van der Waals surface area contributed by atoms with E-state index in [-0.39, 0.29) is 24.0 Å². The Balaban J connectivity index is 0.00000192. The van der Waals surface area contributed by atoms with E-state index in [0.29, 0.717) is 12.1 Å². The van der Waals surface area contributed by atoms with Crippen molar-refractivity contribution in [2.24, 2.45) is 10.9 Å². The van der Waals surface area contributed by atoms with Gasteiger partial charge in [0.2, 0.25) is 0 Å². The molecular weight excluding hydrogens is 399 g/mol. The number of guanidine groups is 1. The SMILES string of the molecule is CN=C(NCC1CC1)NC1CC(C)N(Cc2ccccc2)C1.I. The van der Waals surface area contributed by atoms with Crippen LogP contribution in [0, 0.1) is 5.92 Å². The molecular formula is C18H29IN4. The molecule has 0 bridgehead atoms. The van der Waals surface area contributed by atoms with Crippen LogP contribution in [0.4, 0.5) is 0 Å². The number of aliphatic imine (C=N–C) groups is 1. The molecule has 0 spiro atoms. The number of benzene rings is 1. The second kappa shape index (κ2) is 8.87. The van der Waals surface area contributed by atoms with Crippen LogP contribution in [0.3, 0.4) is 0 Å². The first kappa shape index (κ1) is 18.5. The van der Waals surface area contributed by atoms with Gasteiger partial charge in [-0.3, -0.25) is 9.89 Å². The molecule has 2 fully saturated rings. The van der Waals surface area contributed by atoms with Crippen LogP contribution in [0.5, 0.6) is 0 Å². The van der Waals surface area contributed by atoms with Gasteiger partial charge < -0.3 is 10.6 Å². The predicted molar refractivity (Wildman–Crippen MR) is 107 cm³/mol. The minimum absolute atomic E-state index is 0. The second-order valence-corrected chi connectivity index (χ2v) is 6.74. The molecule has 23 heavy (non-hydrogen) atoms. The third kappa shape index (κ3) is 5.64. The van der Waals surface area contributed by atoms with Gasteiger partial charge in [0.1, 0.15) is 0 Å². The summed E-state index contributed by atoms with van der Waals surface area (Å²) in [6.07, 6.45) is 3.92. The summed E-state index contributed by atoms with van der Waals surface area (Å²) in [7, 11) is 1.86. The van der Waals surface area contributed by atoms with E-state index in [1.54, 1.807) is 0 Å². The second-order valence-electron chi connectivity index (χ2n) is 6.74. The van der Waals surface area contributed by atoms with Crippen LogP contribution in [-0.2, 0) is 6.54 Å². The van der Waals surface area contributed by atoms with Crippen molar-refractivity contribution in [3.63, 3.8) is 0 Å². The first-order valence-corrected chi connectivity index (χ1v) is 8.49. The molecule has 0 amide bonds. The molecule has 1 saturated heterocycles. The van der Waals surface area contributed by atoms with E-state index in [9.17, 15) is 0 Å². The summed E-state index contributed by atoms with van der Waals surface area (Å²) in [4.78, 5) is 6.92. The number of hydrogen-bond donors (Lipinski definition) is 2. The van der Waals surface area contributed by atoms with Crippen LogP contribution in [0.25, 0.3) is 0 Å². The molecule has 1 heterocycles.